The van der Waals surface area contributed by atoms with Crippen LogP contribution in [0.1, 0.15) is 56.7 Å². The summed E-state index contributed by atoms with van der Waals surface area (Å²) < 4.78 is 5.21. The fourth-order valence-corrected chi connectivity index (χ4v) is 4.01. The molecule has 9 nitrogen and oxygen atoms in total. The number of para-hydroxylation sites is 1. The van der Waals surface area contributed by atoms with Crippen LogP contribution in [0.25, 0.3) is 11.0 Å². The van der Waals surface area contributed by atoms with E-state index in [1.165, 1.54) is 7.11 Å². The smallest absolute Gasteiger partial charge is 0.225 e. The lowest BCUT2D eigenvalue weighted by molar-refractivity contribution is 0.371. The Morgan fingerprint density at radius 1 is 1.19 bits per heavy atom. The molecule has 0 bridgehead atoms. The number of anilines is 2. The molecule has 0 unspecified atom stereocenters. The van der Waals surface area contributed by atoms with Crippen molar-refractivity contribution in [2.45, 2.75) is 64.1 Å². The van der Waals surface area contributed by atoms with Crippen LogP contribution >= 0.6 is 0 Å². The lowest BCUT2D eigenvalue weighted by atomic mass is 9.92. The van der Waals surface area contributed by atoms with E-state index >= 15 is 0 Å². The molecule has 0 aliphatic heterocycles. The number of hydrogen-bond donors (Lipinski definition) is 5. The maximum absolute atomic E-state index is 10.4. The lowest BCUT2D eigenvalue weighted by Crippen LogP contribution is -2.33. The molecular formula is C22H31N7O2. The Balaban J connectivity index is 1.63. The van der Waals surface area contributed by atoms with E-state index in [2.05, 4.69) is 34.7 Å². The summed E-state index contributed by atoms with van der Waals surface area (Å²) in [6.07, 6.45) is 4.02. The Hall–Kier alpha value is -3.07. The van der Waals surface area contributed by atoms with Crippen LogP contribution < -0.4 is 21.1 Å². The molecule has 1 fully saturated rings. The van der Waals surface area contributed by atoms with Gasteiger partial charge in [0.25, 0.3) is 0 Å². The van der Waals surface area contributed by atoms with Gasteiger partial charge in [0, 0.05) is 24.2 Å². The SMILES string of the molecule is COc1cccc(CNc2nc(NC3CCC(N)CC3)nc3c(C(C)C)[nH]nc23)c1O. The highest BCUT2D eigenvalue weighted by atomic mass is 16.5. The standard InChI is InChI=1S/C22H31N7O2/c1-12(2)17-18-19(29-28-17)21(24-11-13-5-4-6-16(31-3)20(13)30)27-22(26-18)25-15-9-7-14(23)8-10-15/h4-6,12,14-15,30H,7-11,23H2,1-3H3,(H,28,29)(H2,24,25,26,27). The molecular weight excluding hydrogens is 394 g/mol. The number of benzene rings is 1. The summed E-state index contributed by atoms with van der Waals surface area (Å²) in [7, 11) is 1.54. The molecule has 1 aliphatic carbocycles. The number of aromatic hydroxyl groups is 1. The van der Waals surface area contributed by atoms with Crippen LogP contribution in [0.4, 0.5) is 11.8 Å². The van der Waals surface area contributed by atoms with Gasteiger partial charge < -0.3 is 26.2 Å². The molecule has 166 valence electrons. The highest BCUT2D eigenvalue weighted by molar-refractivity contribution is 5.88. The predicted octanol–water partition coefficient (Wildman–Crippen LogP) is 3.48. The molecule has 0 radical (unpaired) electrons. The Morgan fingerprint density at radius 3 is 2.68 bits per heavy atom. The van der Waals surface area contributed by atoms with Crippen LogP contribution in [0.3, 0.4) is 0 Å². The summed E-state index contributed by atoms with van der Waals surface area (Å²) in [5, 5.41) is 24.8. The number of nitrogens with one attached hydrogen (secondary N) is 3. The summed E-state index contributed by atoms with van der Waals surface area (Å²) >= 11 is 0. The van der Waals surface area contributed by atoms with Gasteiger partial charge in [0.1, 0.15) is 5.52 Å². The zero-order valence-electron chi connectivity index (χ0n) is 18.3. The van der Waals surface area contributed by atoms with Crippen molar-refractivity contribution in [3.05, 3.63) is 29.5 Å². The van der Waals surface area contributed by atoms with E-state index in [0.717, 1.165) is 36.9 Å². The van der Waals surface area contributed by atoms with Gasteiger partial charge in [-0.1, -0.05) is 26.0 Å². The Labute approximate surface area is 181 Å². The topological polar surface area (TPSA) is 134 Å². The van der Waals surface area contributed by atoms with Gasteiger partial charge in [-0.05, 0) is 37.7 Å². The first-order valence-electron chi connectivity index (χ1n) is 10.8. The van der Waals surface area contributed by atoms with Gasteiger partial charge in [-0.2, -0.15) is 10.1 Å². The highest BCUT2D eigenvalue weighted by Crippen LogP contribution is 2.32. The first kappa shape index (κ1) is 21.2. The first-order valence-corrected chi connectivity index (χ1v) is 10.8. The summed E-state index contributed by atoms with van der Waals surface area (Å²) in [5.74, 6) is 1.99. The number of fused-ring (bicyclic) bond motifs is 1. The van der Waals surface area contributed by atoms with Crippen molar-refractivity contribution in [1.29, 1.82) is 0 Å². The number of ether oxygens (including phenoxy) is 1. The van der Waals surface area contributed by atoms with Gasteiger partial charge in [0.05, 0.1) is 12.8 Å². The zero-order chi connectivity index (χ0) is 22.0. The normalized spacial score (nSPS) is 19.0. The fraction of sp³-hybridized carbons (Fsp3) is 0.500. The molecule has 0 spiro atoms. The Kier molecular flexibility index (Phi) is 6.13. The van der Waals surface area contributed by atoms with Crippen molar-refractivity contribution in [2.75, 3.05) is 17.7 Å². The van der Waals surface area contributed by atoms with Crippen molar-refractivity contribution in [2.24, 2.45) is 5.73 Å². The average molecular weight is 426 g/mol. The third-order valence-corrected chi connectivity index (χ3v) is 5.86. The van der Waals surface area contributed by atoms with Gasteiger partial charge in [-0.25, -0.2) is 4.98 Å². The Morgan fingerprint density at radius 2 is 1.97 bits per heavy atom. The second-order valence-electron chi connectivity index (χ2n) is 8.46. The second kappa shape index (κ2) is 8.97. The highest BCUT2D eigenvalue weighted by Gasteiger charge is 2.22. The number of phenolic OH excluding ortho intramolecular Hbond substituents is 1. The summed E-state index contributed by atoms with van der Waals surface area (Å²) in [4.78, 5) is 9.49. The first-order chi connectivity index (χ1) is 15.0. The summed E-state index contributed by atoms with van der Waals surface area (Å²) in [5.41, 5.74) is 9.21. The minimum atomic E-state index is 0.115. The van der Waals surface area contributed by atoms with Crippen molar-refractivity contribution in [3.8, 4) is 11.5 Å². The van der Waals surface area contributed by atoms with Crippen molar-refractivity contribution < 1.29 is 9.84 Å². The summed E-state index contributed by atoms with van der Waals surface area (Å²) in [6.45, 7) is 4.58. The lowest BCUT2D eigenvalue weighted by Gasteiger charge is -2.26. The van der Waals surface area contributed by atoms with Gasteiger partial charge in [-0.3, -0.25) is 5.10 Å². The largest absolute Gasteiger partial charge is 0.504 e. The van der Waals surface area contributed by atoms with Gasteiger partial charge in [0.2, 0.25) is 5.95 Å². The van der Waals surface area contributed by atoms with E-state index in [-0.39, 0.29) is 17.7 Å². The number of nitrogens with two attached hydrogens (primary N) is 1. The molecule has 1 aliphatic rings. The molecule has 9 heteroatoms. The Bertz CT molecular complexity index is 1040. The molecule has 6 N–H and O–H groups in total. The van der Waals surface area contributed by atoms with Gasteiger partial charge in [-0.15, -0.1) is 0 Å². The minimum Gasteiger partial charge on any atom is -0.504 e. The summed E-state index contributed by atoms with van der Waals surface area (Å²) in [6, 6.07) is 6.01. The number of rotatable bonds is 7. The molecule has 0 amide bonds. The van der Waals surface area contributed by atoms with Crippen LogP contribution in [0.2, 0.25) is 0 Å². The van der Waals surface area contributed by atoms with Gasteiger partial charge in [0.15, 0.2) is 22.8 Å². The third kappa shape index (κ3) is 4.51. The minimum absolute atomic E-state index is 0.115. The van der Waals surface area contributed by atoms with Crippen LogP contribution in [-0.2, 0) is 6.54 Å². The molecule has 1 saturated carbocycles. The molecule has 4 rings (SSSR count). The van der Waals surface area contributed by atoms with Crippen LogP contribution in [0.15, 0.2) is 18.2 Å². The molecule has 2 aromatic heterocycles. The van der Waals surface area contributed by atoms with Gasteiger partial charge >= 0.3 is 0 Å². The number of phenols is 1. The maximum atomic E-state index is 10.4. The number of aromatic nitrogens is 4. The van der Waals surface area contributed by atoms with E-state index in [0.29, 0.717) is 41.2 Å². The third-order valence-electron chi connectivity index (χ3n) is 5.86. The number of aromatic amines is 1. The van der Waals surface area contributed by atoms with E-state index in [1.54, 1.807) is 6.07 Å². The molecule has 31 heavy (non-hydrogen) atoms. The van der Waals surface area contributed by atoms with E-state index in [9.17, 15) is 5.11 Å². The van der Waals surface area contributed by atoms with Crippen LogP contribution in [0, 0.1) is 0 Å². The van der Waals surface area contributed by atoms with Crippen LogP contribution in [-0.4, -0.2) is 44.5 Å². The number of hydrogen-bond acceptors (Lipinski definition) is 8. The zero-order valence-corrected chi connectivity index (χ0v) is 18.3. The maximum Gasteiger partial charge on any atom is 0.225 e. The molecule has 2 heterocycles. The van der Waals surface area contributed by atoms with E-state index < -0.39 is 0 Å². The molecule has 0 saturated heterocycles. The molecule has 1 aromatic carbocycles. The molecule has 0 atom stereocenters. The number of methoxy groups -OCH3 is 1. The quantitative estimate of drug-likeness (QED) is 0.388. The monoisotopic (exact) mass is 425 g/mol. The second-order valence-corrected chi connectivity index (χ2v) is 8.46. The van der Waals surface area contributed by atoms with Crippen molar-refractivity contribution in [3.63, 3.8) is 0 Å². The van der Waals surface area contributed by atoms with Crippen molar-refractivity contribution >= 4 is 22.8 Å². The van der Waals surface area contributed by atoms with Crippen molar-refractivity contribution in [1.82, 2.24) is 20.2 Å². The molecule has 3 aromatic rings. The van der Waals surface area contributed by atoms with E-state index in [4.69, 9.17) is 20.4 Å². The fourth-order valence-electron chi connectivity index (χ4n) is 4.01. The van der Waals surface area contributed by atoms with Crippen LogP contribution in [0.5, 0.6) is 11.5 Å². The predicted molar refractivity (Wildman–Crippen MR) is 122 cm³/mol. The van der Waals surface area contributed by atoms with E-state index in [1.807, 2.05) is 12.1 Å². The number of H-pyrrole nitrogens is 1. The number of nitrogens with zero attached hydrogens (tertiary/aromatic N) is 3. The average Bonchev–Trinajstić information content (AvgIpc) is 3.19.